The Morgan fingerprint density at radius 3 is 2.23 bits per heavy atom. The molecule has 3 aromatic carbocycles. The van der Waals surface area contributed by atoms with Crippen LogP contribution in [0.25, 0.3) is 5.69 Å². The summed E-state index contributed by atoms with van der Waals surface area (Å²) in [7, 11) is 0. The van der Waals surface area contributed by atoms with Gasteiger partial charge in [0.2, 0.25) is 0 Å². The number of nitrogens with one attached hydrogen (secondary N) is 1. The average molecular weight is 565 g/mol. The van der Waals surface area contributed by atoms with Gasteiger partial charge in [-0.15, -0.1) is 0 Å². The summed E-state index contributed by atoms with van der Waals surface area (Å²) in [6.07, 6.45) is 1.83. The number of hydrogen-bond acceptors (Lipinski definition) is 3. The number of benzene rings is 3. The number of anilines is 1. The number of thiocarbonyl (C=S) groups is 1. The molecule has 2 unspecified atom stereocenters. The van der Waals surface area contributed by atoms with Crippen LogP contribution in [0.15, 0.2) is 103 Å². The van der Waals surface area contributed by atoms with Gasteiger partial charge in [0.1, 0.15) is 11.5 Å². The van der Waals surface area contributed by atoms with E-state index in [-0.39, 0.29) is 12.1 Å². The molecule has 40 heavy (non-hydrogen) atoms. The van der Waals surface area contributed by atoms with E-state index in [9.17, 15) is 0 Å². The summed E-state index contributed by atoms with van der Waals surface area (Å²) in [5.41, 5.74) is 7.69. The number of nitrogens with zero attached hydrogens (tertiary/aromatic N) is 3. The lowest BCUT2D eigenvalue weighted by atomic mass is 9.93. The summed E-state index contributed by atoms with van der Waals surface area (Å²) in [6.45, 7) is 6.51. The number of rotatable bonds is 6. The molecule has 2 atom stereocenters. The zero-order valence-corrected chi connectivity index (χ0v) is 24.1. The minimum atomic E-state index is -0.138. The quantitative estimate of drug-likeness (QED) is 0.210. The highest BCUT2D eigenvalue weighted by molar-refractivity contribution is 7.80. The molecule has 3 heterocycles. The number of halogens is 1. The predicted molar refractivity (Wildman–Crippen MR) is 166 cm³/mol. The van der Waals surface area contributed by atoms with Crippen molar-refractivity contribution in [2.45, 2.75) is 32.9 Å². The molecule has 0 aliphatic carbocycles. The van der Waals surface area contributed by atoms with Crippen LogP contribution < -0.4 is 15.0 Å². The van der Waals surface area contributed by atoms with Gasteiger partial charge in [-0.25, -0.2) is 0 Å². The number of hydrogen-bond donors (Lipinski definition) is 1. The van der Waals surface area contributed by atoms with Gasteiger partial charge in [-0.2, -0.15) is 0 Å². The van der Waals surface area contributed by atoms with Crippen LogP contribution in [0.5, 0.6) is 11.5 Å². The average Bonchev–Trinajstić information content (AvgIpc) is 3.41. The van der Waals surface area contributed by atoms with Crippen LogP contribution in [-0.2, 0) is 0 Å². The van der Waals surface area contributed by atoms with Crippen LogP contribution in [0.3, 0.4) is 0 Å². The predicted octanol–water partition coefficient (Wildman–Crippen LogP) is 8.42. The van der Waals surface area contributed by atoms with E-state index in [4.69, 9.17) is 33.5 Å². The Kier molecular flexibility index (Phi) is 7.05. The summed E-state index contributed by atoms with van der Waals surface area (Å²) >= 11 is 12.4. The topological polar surface area (TPSA) is 42.3 Å². The summed E-state index contributed by atoms with van der Waals surface area (Å²) in [5, 5.41) is 4.95. The molecule has 6 rings (SSSR count). The number of aromatic nitrogens is 2. The Morgan fingerprint density at radius 1 is 0.800 bits per heavy atom. The van der Waals surface area contributed by atoms with Crippen LogP contribution in [0.4, 0.5) is 5.69 Å². The van der Waals surface area contributed by atoms with Gasteiger partial charge < -0.3 is 19.5 Å². The van der Waals surface area contributed by atoms with Gasteiger partial charge in [0, 0.05) is 39.5 Å². The van der Waals surface area contributed by atoms with E-state index < -0.39 is 0 Å². The molecule has 0 amide bonds. The molecule has 2 aromatic heterocycles. The van der Waals surface area contributed by atoms with E-state index in [1.165, 1.54) is 16.8 Å². The molecule has 1 fully saturated rings. The minimum absolute atomic E-state index is 0.123. The number of ether oxygens (including phenoxy) is 1. The lowest BCUT2D eigenvalue weighted by molar-refractivity contribution is 0.482. The molecule has 1 N–H and O–H groups in total. The second-order valence-corrected chi connectivity index (χ2v) is 10.8. The van der Waals surface area contributed by atoms with Crippen molar-refractivity contribution >= 4 is 34.6 Å². The first-order valence-electron chi connectivity index (χ1n) is 13.2. The SMILES string of the molecule is Cc1c(C2C(c3ccccn3)NC(=S)N2c2ccc(Oc3ccccc3)cc2)c(C)n(-c2cccc(Cl)c2)c1C. The van der Waals surface area contributed by atoms with Gasteiger partial charge in [0.15, 0.2) is 5.11 Å². The van der Waals surface area contributed by atoms with E-state index in [1.54, 1.807) is 0 Å². The minimum Gasteiger partial charge on any atom is -0.457 e. The highest BCUT2D eigenvalue weighted by Gasteiger charge is 2.43. The largest absolute Gasteiger partial charge is 0.457 e. The summed E-state index contributed by atoms with van der Waals surface area (Å²) in [5.74, 6) is 1.56. The molecule has 200 valence electrons. The van der Waals surface area contributed by atoms with E-state index in [1.807, 2.05) is 79.0 Å². The van der Waals surface area contributed by atoms with E-state index in [0.717, 1.165) is 34.3 Å². The second kappa shape index (κ2) is 10.8. The lowest BCUT2D eigenvalue weighted by Gasteiger charge is -2.29. The van der Waals surface area contributed by atoms with Gasteiger partial charge in [0.05, 0.1) is 17.8 Å². The third-order valence-corrected chi connectivity index (χ3v) is 8.11. The molecule has 1 aliphatic heterocycles. The van der Waals surface area contributed by atoms with Crippen molar-refractivity contribution in [1.82, 2.24) is 14.9 Å². The smallest absolute Gasteiger partial charge is 0.174 e. The van der Waals surface area contributed by atoms with Gasteiger partial charge in [0.25, 0.3) is 0 Å². The maximum atomic E-state index is 6.40. The fraction of sp³-hybridized carbons (Fsp3) is 0.152. The second-order valence-electron chi connectivity index (χ2n) is 9.93. The van der Waals surface area contributed by atoms with Crippen molar-refractivity contribution in [3.63, 3.8) is 0 Å². The van der Waals surface area contributed by atoms with Crippen LogP contribution in [0, 0.1) is 20.8 Å². The van der Waals surface area contributed by atoms with Crippen molar-refractivity contribution in [3.05, 3.63) is 136 Å². The molecule has 0 radical (unpaired) electrons. The first kappa shape index (κ1) is 26.1. The fourth-order valence-electron chi connectivity index (χ4n) is 5.67. The molecule has 1 saturated heterocycles. The Balaban J connectivity index is 1.45. The Bertz CT molecular complexity index is 1670. The molecule has 7 heteroatoms. The zero-order chi connectivity index (χ0) is 27.8. The van der Waals surface area contributed by atoms with Gasteiger partial charge in [-0.1, -0.05) is 41.9 Å². The Labute approximate surface area is 245 Å². The summed E-state index contributed by atoms with van der Waals surface area (Å²) in [4.78, 5) is 6.93. The van der Waals surface area contributed by atoms with Crippen molar-refractivity contribution in [2.24, 2.45) is 0 Å². The third kappa shape index (κ3) is 4.74. The fourth-order valence-corrected chi connectivity index (χ4v) is 6.20. The van der Waals surface area contributed by atoms with Crippen molar-refractivity contribution in [3.8, 4) is 17.2 Å². The first-order chi connectivity index (χ1) is 19.4. The highest BCUT2D eigenvalue weighted by Crippen LogP contribution is 2.45. The zero-order valence-electron chi connectivity index (χ0n) is 22.5. The van der Waals surface area contributed by atoms with Crippen molar-refractivity contribution in [1.29, 1.82) is 0 Å². The third-order valence-electron chi connectivity index (χ3n) is 7.56. The maximum absolute atomic E-state index is 6.40. The van der Waals surface area contributed by atoms with E-state index in [2.05, 4.69) is 59.8 Å². The Hall–Kier alpha value is -4.13. The van der Waals surface area contributed by atoms with Crippen LogP contribution in [-0.4, -0.2) is 14.7 Å². The van der Waals surface area contributed by atoms with Gasteiger partial charge >= 0.3 is 0 Å². The number of para-hydroxylation sites is 1. The first-order valence-corrected chi connectivity index (χ1v) is 14.0. The maximum Gasteiger partial charge on any atom is 0.174 e. The summed E-state index contributed by atoms with van der Waals surface area (Å²) < 4.78 is 8.33. The van der Waals surface area contributed by atoms with Gasteiger partial charge in [-0.05, 0) is 105 Å². The molecule has 0 saturated carbocycles. The van der Waals surface area contributed by atoms with Crippen molar-refractivity contribution < 1.29 is 4.74 Å². The molecule has 5 aromatic rings. The standard InChI is InChI=1S/C33H29ClN4OS/c1-21-22(2)37(26-11-9-10-24(34)20-26)23(3)30(21)32-31(29-14-7-8-19-35-29)36-33(40)38(32)25-15-17-28(18-16-25)39-27-12-5-4-6-13-27/h4-20,31-32H,1-3H3,(H,36,40). The molecule has 0 bridgehead atoms. The van der Waals surface area contributed by atoms with Crippen LogP contribution in [0.2, 0.25) is 5.02 Å². The van der Waals surface area contributed by atoms with E-state index in [0.29, 0.717) is 10.1 Å². The van der Waals surface area contributed by atoms with Crippen molar-refractivity contribution in [2.75, 3.05) is 4.90 Å². The molecular formula is C33H29ClN4OS. The molecular weight excluding hydrogens is 536 g/mol. The highest BCUT2D eigenvalue weighted by atomic mass is 35.5. The van der Waals surface area contributed by atoms with Crippen LogP contribution in [0.1, 0.15) is 40.3 Å². The van der Waals surface area contributed by atoms with Gasteiger partial charge in [-0.3, -0.25) is 4.98 Å². The van der Waals surface area contributed by atoms with E-state index >= 15 is 0 Å². The molecule has 5 nitrogen and oxygen atoms in total. The monoisotopic (exact) mass is 564 g/mol. The van der Waals surface area contributed by atoms with Crippen LogP contribution >= 0.6 is 23.8 Å². The molecule has 1 aliphatic rings. The molecule has 0 spiro atoms. The number of pyridine rings is 1. The normalized spacial score (nSPS) is 16.7. The summed E-state index contributed by atoms with van der Waals surface area (Å²) in [6, 6.07) is 31.6. The lowest BCUT2D eigenvalue weighted by Crippen LogP contribution is -2.29. The Morgan fingerprint density at radius 2 is 1.52 bits per heavy atom.